The highest BCUT2D eigenvalue weighted by atomic mass is 35.5. The van der Waals surface area contributed by atoms with Crippen LogP contribution in [-0.4, -0.2) is 35.4 Å². The van der Waals surface area contributed by atoms with E-state index in [1.54, 1.807) is 11.8 Å². The van der Waals surface area contributed by atoms with Crippen molar-refractivity contribution in [2.45, 2.75) is 30.7 Å². The van der Waals surface area contributed by atoms with Crippen molar-refractivity contribution in [2.75, 3.05) is 18.8 Å². The van der Waals surface area contributed by atoms with Gasteiger partial charge in [-0.3, -0.25) is 9.69 Å². The van der Waals surface area contributed by atoms with Crippen molar-refractivity contribution in [1.29, 1.82) is 0 Å². The molecule has 1 aliphatic heterocycles. The number of benzene rings is 2. The van der Waals surface area contributed by atoms with Crippen LogP contribution in [0.2, 0.25) is 5.02 Å². The first-order valence-corrected chi connectivity index (χ1v) is 10.5. The lowest BCUT2D eigenvalue weighted by atomic mass is 10.1. The zero-order valence-corrected chi connectivity index (χ0v) is 16.8. The van der Waals surface area contributed by atoms with E-state index in [4.69, 9.17) is 11.6 Å². The summed E-state index contributed by atoms with van der Waals surface area (Å²) < 4.78 is 0. The lowest BCUT2D eigenvalue weighted by molar-refractivity contribution is -0.120. The number of hydrogen-bond acceptors (Lipinski definition) is 4. The van der Waals surface area contributed by atoms with Crippen molar-refractivity contribution >= 4 is 35.0 Å². The van der Waals surface area contributed by atoms with Crippen LogP contribution in [0, 0.1) is 0 Å². The highest BCUT2D eigenvalue weighted by molar-refractivity contribution is 7.99. The van der Waals surface area contributed by atoms with Gasteiger partial charge in [-0.05, 0) is 29.8 Å². The normalized spacial score (nSPS) is 14.8. The van der Waals surface area contributed by atoms with Crippen LogP contribution in [0.25, 0.3) is 0 Å². The fourth-order valence-electron chi connectivity index (χ4n) is 2.91. The van der Waals surface area contributed by atoms with Gasteiger partial charge in [0.2, 0.25) is 5.91 Å². The minimum absolute atomic E-state index is 0.0318. The van der Waals surface area contributed by atoms with Gasteiger partial charge in [0, 0.05) is 60.3 Å². The third kappa shape index (κ3) is 7.01. The van der Waals surface area contributed by atoms with E-state index < -0.39 is 0 Å². The number of hydrazone groups is 1. The van der Waals surface area contributed by atoms with Crippen molar-refractivity contribution in [3.63, 3.8) is 0 Å². The van der Waals surface area contributed by atoms with Crippen LogP contribution >= 0.6 is 23.4 Å². The summed E-state index contributed by atoms with van der Waals surface area (Å²) in [6, 6.07) is 18.2. The molecule has 0 saturated carbocycles. The van der Waals surface area contributed by atoms with Crippen LogP contribution in [0.1, 0.15) is 24.8 Å². The summed E-state index contributed by atoms with van der Waals surface area (Å²) in [5, 5.41) is 5.05. The molecule has 1 N–H and O–H groups in total. The summed E-state index contributed by atoms with van der Waals surface area (Å²) in [5.41, 5.74) is 5.13. The molecule has 2 aromatic carbocycles. The Morgan fingerprint density at radius 3 is 2.48 bits per heavy atom. The molecule has 1 saturated heterocycles. The molecule has 1 fully saturated rings. The molecule has 27 heavy (non-hydrogen) atoms. The minimum atomic E-state index is -0.0318. The topological polar surface area (TPSA) is 44.7 Å². The first kappa shape index (κ1) is 19.9. The third-order valence-electron chi connectivity index (χ3n) is 4.43. The van der Waals surface area contributed by atoms with Gasteiger partial charge in [-0.2, -0.15) is 5.10 Å². The first-order valence-electron chi connectivity index (χ1n) is 9.18. The molecule has 3 rings (SSSR count). The Morgan fingerprint density at radius 1 is 1.07 bits per heavy atom. The first-order chi connectivity index (χ1) is 13.2. The molecular weight excluding hydrogens is 378 g/mol. The maximum Gasteiger partial charge on any atom is 0.240 e. The van der Waals surface area contributed by atoms with Crippen molar-refractivity contribution in [3.05, 3.63) is 65.2 Å². The summed E-state index contributed by atoms with van der Waals surface area (Å²) >= 11 is 7.51. The lowest BCUT2D eigenvalue weighted by Gasteiger charge is -2.27. The molecule has 0 atom stereocenters. The number of nitrogens with one attached hydrogen (secondary N) is 1. The standard InChI is InChI=1S/C21H24ClN3OS/c22-18-6-8-20(9-7-18)27-15-12-21(26)24-23-19-10-13-25(14-11-19)16-17-4-2-1-3-5-17/h1-9H,10-16H2,(H,24,26). The third-order valence-corrected chi connectivity index (χ3v) is 5.70. The maximum atomic E-state index is 12.0. The average Bonchev–Trinajstić information content (AvgIpc) is 2.70. The number of halogens is 1. The Labute approximate surface area is 170 Å². The smallest absolute Gasteiger partial charge is 0.240 e. The SMILES string of the molecule is O=C(CCSc1ccc(Cl)cc1)NN=C1CCN(Cc2ccccc2)CC1. The highest BCUT2D eigenvalue weighted by Gasteiger charge is 2.15. The van der Waals surface area contributed by atoms with Gasteiger partial charge >= 0.3 is 0 Å². The number of carbonyl (C=O) groups is 1. The number of nitrogens with zero attached hydrogens (tertiary/aromatic N) is 2. The Hall–Kier alpha value is -1.82. The van der Waals surface area contributed by atoms with Crippen molar-refractivity contribution in [2.24, 2.45) is 5.10 Å². The molecule has 0 unspecified atom stereocenters. The van der Waals surface area contributed by atoms with Gasteiger partial charge in [0.15, 0.2) is 0 Å². The van der Waals surface area contributed by atoms with Gasteiger partial charge in [0.25, 0.3) is 0 Å². The fourth-order valence-corrected chi connectivity index (χ4v) is 3.89. The van der Waals surface area contributed by atoms with Crippen LogP contribution in [0.15, 0.2) is 64.6 Å². The van der Waals surface area contributed by atoms with Gasteiger partial charge < -0.3 is 0 Å². The zero-order chi connectivity index (χ0) is 18.9. The van der Waals surface area contributed by atoms with Gasteiger partial charge in [0.05, 0.1) is 0 Å². The zero-order valence-electron chi connectivity index (χ0n) is 15.2. The number of hydrogen-bond donors (Lipinski definition) is 1. The second-order valence-electron chi connectivity index (χ2n) is 6.53. The second kappa shape index (κ2) is 10.5. The molecular formula is C21H24ClN3OS. The van der Waals surface area contributed by atoms with Crippen molar-refractivity contribution in [1.82, 2.24) is 10.3 Å². The molecule has 0 radical (unpaired) electrons. The summed E-state index contributed by atoms with van der Waals surface area (Å²) in [4.78, 5) is 15.5. The van der Waals surface area contributed by atoms with E-state index in [-0.39, 0.29) is 5.91 Å². The van der Waals surface area contributed by atoms with Gasteiger partial charge in [0.1, 0.15) is 0 Å². The largest absolute Gasteiger partial charge is 0.298 e. The molecule has 1 amide bonds. The van der Waals surface area contributed by atoms with Crippen LogP contribution < -0.4 is 5.43 Å². The van der Waals surface area contributed by atoms with Crippen molar-refractivity contribution in [3.8, 4) is 0 Å². The Kier molecular flexibility index (Phi) is 7.75. The average molecular weight is 402 g/mol. The van der Waals surface area contributed by atoms with Gasteiger partial charge in [-0.15, -0.1) is 11.8 Å². The monoisotopic (exact) mass is 401 g/mol. The number of carbonyl (C=O) groups excluding carboxylic acids is 1. The van der Waals surface area contributed by atoms with E-state index in [9.17, 15) is 4.79 Å². The van der Waals surface area contributed by atoms with Gasteiger partial charge in [-0.25, -0.2) is 5.43 Å². The number of thioether (sulfide) groups is 1. The molecule has 6 heteroatoms. The summed E-state index contributed by atoms with van der Waals surface area (Å²) in [6.45, 7) is 2.94. The number of piperidine rings is 1. The molecule has 4 nitrogen and oxygen atoms in total. The quantitative estimate of drug-likeness (QED) is 0.545. The molecule has 142 valence electrons. The van der Waals surface area contributed by atoms with Crippen LogP contribution in [0.3, 0.4) is 0 Å². The Morgan fingerprint density at radius 2 is 1.78 bits per heavy atom. The minimum Gasteiger partial charge on any atom is -0.298 e. The molecule has 0 bridgehead atoms. The number of amides is 1. The lowest BCUT2D eigenvalue weighted by Crippen LogP contribution is -2.34. The predicted octanol–water partition coefficient (Wildman–Crippen LogP) is 4.59. The van der Waals surface area contributed by atoms with E-state index in [0.717, 1.165) is 53.9 Å². The van der Waals surface area contributed by atoms with Gasteiger partial charge in [-0.1, -0.05) is 41.9 Å². The van der Waals surface area contributed by atoms with Crippen molar-refractivity contribution < 1.29 is 4.79 Å². The van der Waals surface area contributed by atoms with Crippen LogP contribution in [-0.2, 0) is 11.3 Å². The number of likely N-dealkylation sites (tertiary alicyclic amines) is 1. The second-order valence-corrected chi connectivity index (χ2v) is 8.13. The maximum absolute atomic E-state index is 12.0. The number of rotatable bonds is 7. The summed E-state index contributed by atoms with van der Waals surface area (Å²) in [5.74, 6) is 0.694. The molecule has 0 spiro atoms. The van der Waals surface area contributed by atoms with E-state index >= 15 is 0 Å². The van der Waals surface area contributed by atoms with E-state index in [1.165, 1.54) is 5.56 Å². The Balaban J connectivity index is 1.33. The fraction of sp³-hybridized carbons (Fsp3) is 0.333. The van der Waals surface area contributed by atoms with Crippen LogP contribution in [0.4, 0.5) is 0 Å². The Bertz CT molecular complexity index is 755. The predicted molar refractivity (Wildman–Crippen MR) is 113 cm³/mol. The summed E-state index contributed by atoms with van der Waals surface area (Å²) in [7, 11) is 0. The van der Waals surface area contributed by atoms with E-state index in [0.29, 0.717) is 6.42 Å². The summed E-state index contributed by atoms with van der Waals surface area (Å²) in [6.07, 6.45) is 2.27. The highest BCUT2D eigenvalue weighted by Crippen LogP contribution is 2.20. The molecule has 1 aliphatic rings. The van der Waals surface area contributed by atoms with Crippen LogP contribution in [0.5, 0.6) is 0 Å². The molecule has 1 heterocycles. The molecule has 0 aliphatic carbocycles. The van der Waals surface area contributed by atoms with E-state index in [2.05, 4.69) is 39.7 Å². The van der Waals surface area contributed by atoms with E-state index in [1.807, 2.05) is 30.3 Å². The molecule has 2 aromatic rings. The molecule has 0 aromatic heterocycles.